The van der Waals surface area contributed by atoms with E-state index in [1.54, 1.807) is 0 Å². The number of aliphatic carboxylic acids is 1. The van der Waals surface area contributed by atoms with Gasteiger partial charge >= 0.3 is 5.97 Å². The number of carboxylic acids is 1. The molecule has 0 unspecified atom stereocenters. The van der Waals surface area contributed by atoms with Gasteiger partial charge in [0.05, 0.1) is 5.75 Å². The van der Waals surface area contributed by atoms with E-state index in [1.807, 2.05) is 0 Å². The van der Waals surface area contributed by atoms with Gasteiger partial charge in [-0.1, -0.05) is 19.3 Å². The molecule has 2 rings (SSSR count). The summed E-state index contributed by atoms with van der Waals surface area (Å²) >= 11 is 0. The average molecular weight is 305 g/mol. The Bertz CT molecular complexity index is 436. The van der Waals surface area contributed by atoms with Crippen LogP contribution in [0.25, 0.3) is 0 Å². The van der Waals surface area contributed by atoms with Crippen molar-refractivity contribution in [2.24, 2.45) is 5.92 Å². The van der Waals surface area contributed by atoms with Crippen LogP contribution in [0.3, 0.4) is 0 Å². The van der Waals surface area contributed by atoms with Crippen LogP contribution >= 0.6 is 0 Å². The number of hydrogen-bond donors (Lipinski definition) is 2. The molecule has 0 bridgehead atoms. The number of sulfonamides is 1. The van der Waals surface area contributed by atoms with E-state index in [0.29, 0.717) is 0 Å². The Hall–Kier alpha value is -0.660. The minimum Gasteiger partial charge on any atom is -0.480 e. The van der Waals surface area contributed by atoms with E-state index >= 15 is 0 Å². The van der Waals surface area contributed by atoms with Gasteiger partial charge in [-0.25, -0.2) is 8.42 Å². The molecule has 20 heavy (non-hydrogen) atoms. The Balaban J connectivity index is 2.02. The highest BCUT2D eigenvalue weighted by Crippen LogP contribution is 2.27. The van der Waals surface area contributed by atoms with E-state index in [1.165, 1.54) is 6.42 Å². The number of nitrogens with one attached hydrogen (secondary N) is 1. The minimum atomic E-state index is -3.57. The zero-order chi connectivity index (χ0) is 14.6. The van der Waals surface area contributed by atoms with Gasteiger partial charge < -0.3 is 9.84 Å². The van der Waals surface area contributed by atoms with Gasteiger partial charge in [-0.3, -0.25) is 4.79 Å². The number of carbonyl (C=O) groups is 1. The quantitative estimate of drug-likeness (QED) is 0.794. The van der Waals surface area contributed by atoms with Crippen LogP contribution in [-0.2, 0) is 19.6 Å². The zero-order valence-corrected chi connectivity index (χ0v) is 12.5. The Morgan fingerprint density at radius 1 is 1.20 bits per heavy atom. The van der Waals surface area contributed by atoms with Crippen molar-refractivity contribution in [1.29, 1.82) is 0 Å². The van der Waals surface area contributed by atoms with Crippen LogP contribution < -0.4 is 4.72 Å². The molecule has 6 nitrogen and oxygen atoms in total. The van der Waals surface area contributed by atoms with E-state index in [-0.39, 0.29) is 37.7 Å². The molecule has 0 amide bonds. The smallest absolute Gasteiger partial charge is 0.325 e. The van der Waals surface area contributed by atoms with Crippen LogP contribution in [-0.4, -0.2) is 44.0 Å². The van der Waals surface area contributed by atoms with Gasteiger partial charge in [0.2, 0.25) is 10.0 Å². The van der Waals surface area contributed by atoms with E-state index in [4.69, 9.17) is 4.74 Å². The second kappa shape index (κ2) is 6.41. The molecule has 2 fully saturated rings. The molecule has 0 spiro atoms. The molecule has 0 atom stereocenters. The van der Waals surface area contributed by atoms with Gasteiger partial charge in [0.1, 0.15) is 5.54 Å². The maximum Gasteiger partial charge on any atom is 0.325 e. The third-order valence-electron chi connectivity index (χ3n) is 4.29. The van der Waals surface area contributed by atoms with Gasteiger partial charge in [0.25, 0.3) is 0 Å². The van der Waals surface area contributed by atoms with Crippen LogP contribution in [0.15, 0.2) is 0 Å². The molecule has 1 saturated carbocycles. The van der Waals surface area contributed by atoms with E-state index in [2.05, 4.69) is 4.72 Å². The lowest BCUT2D eigenvalue weighted by molar-refractivity contribution is -0.147. The van der Waals surface area contributed by atoms with Crippen LogP contribution in [0.2, 0.25) is 0 Å². The number of rotatable bonds is 5. The lowest BCUT2D eigenvalue weighted by Crippen LogP contribution is -2.58. The first-order valence-corrected chi connectivity index (χ1v) is 8.92. The predicted octanol–water partition coefficient (Wildman–Crippen LogP) is 1.12. The number of carboxylic acid groups (broad SMARTS) is 1. The third-order valence-corrected chi connectivity index (χ3v) is 5.90. The van der Waals surface area contributed by atoms with Crippen LogP contribution in [0.1, 0.15) is 44.9 Å². The van der Waals surface area contributed by atoms with Crippen molar-refractivity contribution >= 4 is 16.0 Å². The number of hydrogen-bond acceptors (Lipinski definition) is 4. The Morgan fingerprint density at radius 2 is 1.80 bits per heavy atom. The molecule has 116 valence electrons. The molecule has 1 saturated heterocycles. The topological polar surface area (TPSA) is 92.7 Å². The lowest BCUT2D eigenvalue weighted by Gasteiger charge is -2.34. The molecule has 2 aliphatic rings. The molecule has 0 radical (unpaired) electrons. The summed E-state index contributed by atoms with van der Waals surface area (Å²) in [6.45, 7) is 0.552. The fourth-order valence-corrected chi connectivity index (χ4v) is 5.01. The zero-order valence-electron chi connectivity index (χ0n) is 11.6. The summed E-state index contributed by atoms with van der Waals surface area (Å²) in [7, 11) is -3.57. The summed E-state index contributed by atoms with van der Waals surface area (Å²) in [5.74, 6) is -0.900. The maximum atomic E-state index is 12.3. The van der Waals surface area contributed by atoms with Crippen molar-refractivity contribution in [1.82, 2.24) is 4.72 Å². The molecule has 0 aromatic rings. The highest BCUT2D eigenvalue weighted by molar-refractivity contribution is 7.89. The van der Waals surface area contributed by atoms with Crippen LogP contribution in [0.5, 0.6) is 0 Å². The van der Waals surface area contributed by atoms with E-state index in [0.717, 1.165) is 25.7 Å². The Kier molecular flexibility index (Phi) is 5.04. The van der Waals surface area contributed by atoms with E-state index in [9.17, 15) is 18.3 Å². The van der Waals surface area contributed by atoms with Gasteiger partial charge in [-0.2, -0.15) is 4.72 Å². The maximum absolute atomic E-state index is 12.3. The largest absolute Gasteiger partial charge is 0.480 e. The molecule has 0 aromatic heterocycles. The first kappa shape index (κ1) is 15.7. The van der Waals surface area contributed by atoms with Crippen molar-refractivity contribution < 1.29 is 23.1 Å². The minimum absolute atomic E-state index is 0.0445. The Morgan fingerprint density at radius 3 is 2.35 bits per heavy atom. The highest BCUT2D eigenvalue weighted by atomic mass is 32.2. The van der Waals surface area contributed by atoms with Crippen molar-refractivity contribution in [2.45, 2.75) is 50.5 Å². The fourth-order valence-electron chi connectivity index (χ4n) is 3.08. The SMILES string of the molecule is O=C(O)C1(NS(=O)(=O)CC2CCCCC2)CCOCC1. The first-order valence-electron chi connectivity index (χ1n) is 7.26. The normalized spacial score (nSPS) is 24.4. The molecule has 0 aromatic carbocycles. The predicted molar refractivity (Wildman–Crippen MR) is 73.9 cm³/mol. The second-order valence-electron chi connectivity index (χ2n) is 5.89. The molecular formula is C13H23NO5S. The van der Waals surface area contributed by atoms with Crippen molar-refractivity contribution in [2.75, 3.05) is 19.0 Å². The summed E-state index contributed by atoms with van der Waals surface area (Å²) in [5.41, 5.74) is -1.38. The fraction of sp³-hybridized carbons (Fsp3) is 0.923. The summed E-state index contributed by atoms with van der Waals surface area (Å²) in [5, 5.41) is 9.38. The first-order chi connectivity index (χ1) is 9.44. The molecule has 2 N–H and O–H groups in total. The van der Waals surface area contributed by atoms with Gasteiger partial charge in [0, 0.05) is 26.1 Å². The summed E-state index contributed by atoms with van der Waals surface area (Å²) in [6, 6.07) is 0. The average Bonchev–Trinajstić information content (AvgIpc) is 2.39. The number of ether oxygens (including phenoxy) is 1. The summed E-state index contributed by atoms with van der Waals surface area (Å²) < 4.78 is 32.1. The van der Waals surface area contributed by atoms with Gasteiger partial charge in [-0.15, -0.1) is 0 Å². The van der Waals surface area contributed by atoms with Crippen molar-refractivity contribution in [3.8, 4) is 0 Å². The molecule has 7 heteroatoms. The van der Waals surface area contributed by atoms with Crippen molar-refractivity contribution in [3.05, 3.63) is 0 Å². The molecule has 1 aliphatic carbocycles. The summed E-state index contributed by atoms with van der Waals surface area (Å²) in [6.07, 6.45) is 5.52. The van der Waals surface area contributed by atoms with Crippen molar-refractivity contribution in [3.63, 3.8) is 0 Å². The monoisotopic (exact) mass is 305 g/mol. The lowest BCUT2D eigenvalue weighted by atomic mass is 9.91. The highest BCUT2D eigenvalue weighted by Gasteiger charge is 2.43. The molecule has 1 heterocycles. The van der Waals surface area contributed by atoms with E-state index < -0.39 is 21.5 Å². The molecule has 1 aliphatic heterocycles. The summed E-state index contributed by atoms with van der Waals surface area (Å²) in [4.78, 5) is 11.5. The van der Waals surface area contributed by atoms with Crippen LogP contribution in [0.4, 0.5) is 0 Å². The third kappa shape index (κ3) is 3.93. The van der Waals surface area contributed by atoms with Crippen LogP contribution in [0, 0.1) is 5.92 Å². The second-order valence-corrected chi connectivity index (χ2v) is 7.65. The molecular weight excluding hydrogens is 282 g/mol. The standard InChI is InChI=1S/C13H23NO5S/c15-12(16)13(6-8-19-9-7-13)14-20(17,18)10-11-4-2-1-3-5-11/h11,14H,1-10H2,(H,15,16). The van der Waals surface area contributed by atoms with Gasteiger partial charge in [0.15, 0.2) is 0 Å². The Labute approximate surface area is 119 Å². The van der Waals surface area contributed by atoms with Gasteiger partial charge in [-0.05, 0) is 18.8 Å².